The third-order valence-electron chi connectivity index (χ3n) is 9.01. The molecular formula is C35H44N10O2. The van der Waals surface area contributed by atoms with E-state index in [4.69, 9.17) is 16.6 Å². The molecule has 0 aliphatic carbocycles. The number of aliphatic imine (C=N–C) groups is 1. The molecule has 0 saturated carbocycles. The fourth-order valence-corrected chi connectivity index (χ4v) is 6.26. The summed E-state index contributed by atoms with van der Waals surface area (Å²) in [6, 6.07) is 15.1. The lowest BCUT2D eigenvalue weighted by Gasteiger charge is -2.33. The topological polar surface area (TPSA) is 168 Å². The number of amidine groups is 1. The van der Waals surface area contributed by atoms with E-state index >= 15 is 0 Å². The van der Waals surface area contributed by atoms with Crippen molar-refractivity contribution in [3.63, 3.8) is 0 Å². The first-order chi connectivity index (χ1) is 22.7. The molecule has 0 radical (unpaired) electrons. The van der Waals surface area contributed by atoms with Crippen LogP contribution in [0.3, 0.4) is 0 Å². The summed E-state index contributed by atoms with van der Waals surface area (Å²) in [7, 11) is 1.75. The minimum atomic E-state index is -0.245. The van der Waals surface area contributed by atoms with Gasteiger partial charge in [0.2, 0.25) is 11.8 Å². The van der Waals surface area contributed by atoms with Crippen LogP contribution in [0.1, 0.15) is 60.2 Å². The van der Waals surface area contributed by atoms with Crippen LogP contribution in [-0.2, 0) is 9.59 Å². The second-order valence-corrected chi connectivity index (χ2v) is 12.1. The van der Waals surface area contributed by atoms with Gasteiger partial charge in [0.25, 0.3) is 0 Å². The van der Waals surface area contributed by atoms with Crippen LogP contribution in [0, 0.1) is 23.7 Å². The maximum Gasteiger partial charge on any atom is 0.236 e. The van der Waals surface area contributed by atoms with Gasteiger partial charge < -0.3 is 16.0 Å². The third kappa shape index (κ3) is 7.89. The van der Waals surface area contributed by atoms with Gasteiger partial charge in [0, 0.05) is 56.2 Å². The molecule has 3 aromatic rings. The van der Waals surface area contributed by atoms with Gasteiger partial charge >= 0.3 is 0 Å². The number of amides is 2. The van der Waals surface area contributed by atoms with Crippen molar-refractivity contribution in [3.8, 4) is 0 Å². The van der Waals surface area contributed by atoms with Crippen molar-refractivity contribution in [1.82, 2.24) is 25.1 Å². The molecule has 246 valence electrons. The zero-order chi connectivity index (χ0) is 33.5. The maximum atomic E-state index is 13.7. The minimum absolute atomic E-state index is 0.0370. The Kier molecular flexibility index (Phi) is 10.7. The summed E-state index contributed by atoms with van der Waals surface area (Å²) in [4.78, 5) is 45.6. The average Bonchev–Trinajstić information content (AvgIpc) is 3.56. The smallest absolute Gasteiger partial charge is 0.236 e. The summed E-state index contributed by atoms with van der Waals surface area (Å²) in [5.74, 6) is 0.860. The highest BCUT2D eigenvalue weighted by atomic mass is 16.2. The molecule has 4 heterocycles. The number of likely N-dealkylation sites (tertiary alicyclic amines) is 2. The lowest BCUT2D eigenvalue weighted by atomic mass is 9.89. The highest BCUT2D eigenvalue weighted by molar-refractivity contribution is 6.12. The molecule has 0 spiro atoms. The Bertz CT molecular complexity index is 1630. The number of anilines is 2. The molecule has 12 heteroatoms. The van der Waals surface area contributed by atoms with E-state index in [0.29, 0.717) is 74.4 Å². The number of aryl methyl sites for hydroxylation is 1. The number of carbonyl (C=O) groups excluding carboxylic acids is 2. The second kappa shape index (κ2) is 15.1. The van der Waals surface area contributed by atoms with Crippen molar-refractivity contribution >= 4 is 41.2 Å². The van der Waals surface area contributed by atoms with E-state index in [1.165, 1.54) is 11.9 Å². The standard InChI is InChI=1S/C35H44N10O2/c1-4-45(30-12-11-29(36)33(42-30)32(37)27-6-5-23(2)40-19-27)35(47)28-13-16-43(20-28)21-31(46)44-17-14-25(15-18-44)24-7-9-26(10-8-24)34(38)41-22-39-3/h5-12,19,22,25,28,37H,4,13-18,20-21,36H2,1-3H3,(H2,38,39,41)/t28-/m1/s1. The predicted molar refractivity (Wildman–Crippen MR) is 186 cm³/mol. The number of nitrogens with two attached hydrogens (primary N) is 1. The number of rotatable bonds is 10. The molecule has 1 aromatic carbocycles. The zero-order valence-electron chi connectivity index (χ0n) is 27.4. The van der Waals surface area contributed by atoms with Gasteiger partial charge in [0.05, 0.1) is 30.2 Å². The molecule has 5 N–H and O–H groups in total. The first kappa shape index (κ1) is 33.4. The lowest BCUT2D eigenvalue weighted by Crippen LogP contribution is -2.44. The zero-order valence-corrected chi connectivity index (χ0v) is 27.4. The third-order valence-corrected chi connectivity index (χ3v) is 9.01. The molecule has 1 atom stereocenters. The highest BCUT2D eigenvalue weighted by Crippen LogP contribution is 2.29. The van der Waals surface area contributed by atoms with E-state index in [-0.39, 0.29) is 29.3 Å². The molecule has 0 bridgehead atoms. The molecule has 2 fully saturated rings. The number of nitrogens with zero attached hydrogens (tertiary/aromatic N) is 6. The fraction of sp³-hybridized carbons (Fsp3) is 0.400. The number of hydrogen-bond acceptors (Lipinski definition) is 8. The molecule has 2 aliphatic rings. The van der Waals surface area contributed by atoms with E-state index in [0.717, 1.165) is 24.1 Å². The van der Waals surface area contributed by atoms with Gasteiger partial charge in [0.1, 0.15) is 11.5 Å². The van der Waals surface area contributed by atoms with E-state index in [1.807, 2.05) is 43.0 Å². The highest BCUT2D eigenvalue weighted by Gasteiger charge is 2.34. The number of carbonyl (C=O) groups is 2. The van der Waals surface area contributed by atoms with E-state index in [2.05, 4.69) is 37.3 Å². The van der Waals surface area contributed by atoms with E-state index in [1.54, 1.807) is 30.3 Å². The van der Waals surface area contributed by atoms with Crippen molar-refractivity contribution < 1.29 is 9.59 Å². The van der Waals surface area contributed by atoms with Crippen molar-refractivity contribution in [2.24, 2.45) is 10.9 Å². The molecule has 2 saturated heterocycles. The van der Waals surface area contributed by atoms with Gasteiger partial charge in [-0.2, -0.15) is 0 Å². The quantitative estimate of drug-likeness (QED) is 0.195. The normalized spacial score (nSPS) is 17.2. The Morgan fingerprint density at radius 2 is 1.77 bits per heavy atom. The van der Waals surface area contributed by atoms with Crippen molar-refractivity contribution in [2.45, 2.75) is 39.0 Å². The summed E-state index contributed by atoms with van der Waals surface area (Å²) in [5, 5.41) is 19.5. The Hall–Kier alpha value is -4.97. The summed E-state index contributed by atoms with van der Waals surface area (Å²) >= 11 is 0. The molecule has 12 nitrogen and oxygen atoms in total. The molecule has 0 unspecified atom stereocenters. The van der Waals surface area contributed by atoms with E-state index < -0.39 is 0 Å². The van der Waals surface area contributed by atoms with Crippen molar-refractivity contribution in [3.05, 3.63) is 82.8 Å². The van der Waals surface area contributed by atoms with Crippen LogP contribution in [0.4, 0.5) is 11.5 Å². The molecular weight excluding hydrogens is 592 g/mol. The van der Waals surface area contributed by atoms with Crippen LogP contribution in [0.25, 0.3) is 0 Å². The number of nitrogens with one attached hydrogen (secondary N) is 3. The summed E-state index contributed by atoms with van der Waals surface area (Å²) in [6.07, 6.45) is 5.58. The largest absolute Gasteiger partial charge is 0.397 e. The Morgan fingerprint density at radius 3 is 2.43 bits per heavy atom. The number of piperidine rings is 1. The van der Waals surface area contributed by atoms with Gasteiger partial charge in [-0.05, 0) is 75.4 Å². The summed E-state index contributed by atoms with van der Waals surface area (Å²) < 4.78 is 0. The predicted octanol–water partition coefficient (Wildman–Crippen LogP) is 3.44. The van der Waals surface area contributed by atoms with Crippen LogP contribution in [0.5, 0.6) is 0 Å². The number of aromatic nitrogens is 2. The number of hydrogen-bond donors (Lipinski definition) is 4. The first-order valence-electron chi connectivity index (χ1n) is 16.2. The molecule has 47 heavy (non-hydrogen) atoms. The number of nitrogen functional groups attached to an aromatic ring is 1. The van der Waals surface area contributed by atoms with Crippen molar-refractivity contribution in [2.75, 3.05) is 56.9 Å². The molecule has 2 aliphatic heterocycles. The Morgan fingerprint density at radius 1 is 1.04 bits per heavy atom. The fourth-order valence-electron chi connectivity index (χ4n) is 6.26. The van der Waals surface area contributed by atoms with Crippen LogP contribution >= 0.6 is 0 Å². The maximum absolute atomic E-state index is 13.7. The first-order valence-corrected chi connectivity index (χ1v) is 16.2. The van der Waals surface area contributed by atoms with Gasteiger partial charge in [0.15, 0.2) is 5.84 Å². The van der Waals surface area contributed by atoms with Gasteiger partial charge in [-0.25, -0.2) is 9.98 Å². The molecule has 5 rings (SSSR count). The van der Waals surface area contributed by atoms with Crippen molar-refractivity contribution in [1.29, 1.82) is 10.8 Å². The summed E-state index contributed by atoms with van der Waals surface area (Å²) in [6.45, 7) is 7.12. The van der Waals surface area contributed by atoms with E-state index in [9.17, 15) is 9.59 Å². The number of pyridine rings is 2. The average molecular weight is 637 g/mol. The Labute approximate surface area is 276 Å². The van der Waals surface area contributed by atoms with Gasteiger partial charge in [-0.15, -0.1) is 0 Å². The minimum Gasteiger partial charge on any atom is -0.397 e. The van der Waals surface area contributed by atoms with Crippen LogP contribution in [0.15, 0.2) is 59.7 Å². The van der Waals surface area contributed by atoms with Crippen LogP contribution in [-0.4, -0.2) is 95.8 Å². The summed E-state index contributed by atoms with van der Waals surface area (Å²) in [5.41, 5.74) is 10.5. The SMILES string of the molecule is CCN(C(=O)[C@@H]1CCN(CC(=O)N2CCC(c3ccc(C(=N)/N=C\NC)cc3)CC2)C1)c1ccc(N)c(C(=N)c2ccc(C)nc2)n1. The monoisotopic (exact) mass is 636 g/mol. The molecule has 2 aromatic heterocycles. The second-order valence-electron chi connectivity index (χ2n) is 12.1. The Balaban J connectivity index is 1.14. The number of benzene rings is 1. The van der Waals surface area contributed by atoms with Crippen LogP contribution in [0.2, 0.25) is 0 Å². The lowest BCUT2D eigenvalue weighted by molar-refractivity contribution is -0.133. The van der Waals surface area contributed by atoms with Gasteiger partial charge in [-0.3, -0.25) is 35.2 Å². The molecule has 2 amide bonds. The van der Waals surface area contributed by atoms with Crippen LogP contribution < -0.4 is 16.0 Å². The van der Waals surface area contributed by atoms with Gasteiger partial charge in [-0.1, -0.05) is 24.3 Å².